The summed E-state index contributed by atoms with van der Waals surface area (Å²) in [6.45, 7) is 1.17. The van der Waals surface area contributed by atoms with Gasteiger partial charge in [-0.05, 0) is 38.3 Å². The molecule has 0 saturated carbocycles. The van der Waals surface area contributed by atoms with Gasteiger partial charge in [-0.2, -0.15) is 4.31 Å². The molecule has 132 valence electrons. The van der Waals surface area contributed by atoms with Gasteiger partial charge in [-0.25, -0.2) is 8.42 Å². The van der Waals surface area contributed by atoms with Crippen molar-refractivity contribution in [3.63, 3.8) is 0 Å². The van der Waals surface area contributed by atoms with Gasteiger partial charge in [0.2, 0.25) is 10.0 Å². The second-order valence-corrected chi connectivity index (χ2v) is 7.49. The second-order valence-electron chi connectivity index (χ2n) is 5.60. The normalized spacial score (nSPS) is 19.0. The van der Waals surface area contributed by atoms with Crippen molar-refractivity contribution in [1.82, 2.24) is 4.31 Å². The summed E-state index contributed by atoms with van der Waals surface area (Å²) in [4.78, 5) is 23.4. The highest BCUT2D eigenvalue weighted by Gasteiger charge is 2.38. The summed E-state index contributed by atoms with van der Waals surface area (Å²) in [5.74, 6) is -0.796. The lowest BCUT2D eigenvalue weighted by molar-refractivity contribution is -0.150. The molecule has 0 aliphatic carbocycles. The average molecular weight is 355 g/mol. The van der Waals surface area contributed by atoms with E-state index in [1.807, 2.05) is 0 Å². The Labute approximate surface area is 141 Å². The third kappa shape index (κ3) is 4.00. The molecule has 0 amide bonds. The summed E-state index contributed by atoms with van der Waals surface area (Å²) in [6, 6.07) is 4.77. The van der Waals surface area contributed by atoms with Gasteiger partial charge in [-0.15, -0.1) is 0 Å². The Kier molecular flexibility index (Phi) is 6.09. The number of Topliss-reactive ketones (excluding diaryl/α,β-unsaturated/α-hetero) is 1. The highest BCUT2D eigenvalue weighted by molar-refractivity contribution is 7.89. The van der Waals surface area contributed by atoms with Crippen LogP contribution < -0.4 is 0 Å². The van der Waals surface area contributed by atoms with Crippen LogP contribution in [0.3, 0.4) is 0 Å². The van der Waals surface area contributed by atoms with Gasteiger partial charge in [-0.3, -0.25) is 9.59 Å². The number of piperidine rings is 1. The topological polar surface area (TPSA) is 101 Å². The van der Waals surface area contributed by atoms with Crippen LogP contribution in [0, 0.1) is 0 Å². The van der Waals surface area contributed by atoms with Gasteiger partial charge in [0.15, 0.2) is 5.78 Å². The van der Waals surface area contributed by atoms with Gasteiger partial charge in [0.1, 0.15) is 12.6 Å². The molecule has 1 unspecified atom stereocenters. The smallest absolute Gasteiger partial charge is 0.324 e. The van der Waals surface area contributed by atoms with Gasteiger partial charge in [0.05, 0.1) is 11.5 Å². The highest BCUT2D eigenvalue weighted by Crippen LogP contribution is 2.26. The molecule has 24 heavy (non-hydrogen) atoms. The average Bonchev–Trinajstić information content (AvgIpc) is 2.59. The maximum atomic E-state index is 12.8. The number of carbonyl (C=O) groups excluding carboxylic acids is 2. The van der Waals surface area contributed by atoms with Crippen molar-refractivity contribution in [2.24, 2.45) is 0 Å². The van der Waals surface area contributed by atoms with Crippen LogP contribution in [0.15, 0.2) is 29.2 Å². The van der Waals surface area contributed by atoms with Crippen LogP contribution in [0.5, 0.6) is 0 Å². The van der Waals surface area contributed by atoms with Crippen molar-refractivity contribution in [1.29, 1.82) is 0 Å². The molecular formula is C16H21NO6S. The van der Waals surface area contributed by atoms with Crippen molar-refractivity contribution >= 4 is 21.8 Å². The number of aliphatic hydroxyl groups excluding tert-OH is 1. The minimum atomic E-state index is -3.87. The Morgan fingerprint density at radius 3 is 2.50 bits per heavy atom. The first-order valence-corrected chi connectivity index (χ1v) is 9.22. The van der Waals surface area contributed by atoms with E-state index in [-0.39, 0.29) is 30.4 Å². The van der Waals surface area contributed by atoms with Gasteiger partial charge < -0.3 is 9.84 Å². The summed E-state index contributed by atoms with van der Waals surface area (Å²) >= 11 is 0. The fraction of sp³-hybridized carbons (Fsp3) is 0.500. The van der Waals surface area contributed by atoms with Crippen LogP contribution in [0.1, 0.15) is 36.5 Å². The van der Waals surface area contributed by atoms with Gasteiger partial charge in [0, 0.05) is 12.1 Å². The molecule has 0 bridgehead atoms. The van der Waals surface area contributed by atoms with Crippen molar-refractivity contribution in [2.75, 3.05) is 19.8 Å². The van der Waals surface area contributed by atoms with Crippen LogP contribution >= 0.6 is 0 Å². The number of rotatable bonds is 6. The zero-order valence-electron chi connectivity index (χ0n) is 13.5. The monoisotopic (exact) mass is 355 g/mol. The molecule has 0 aromatic heterocycles. The van der Waals surface area contributed by atoms with E-state index >= 15 is 0 Å². The summed E-state index contributed by atoms with van der Waals surface area (Å²) in [5, 5.41) is 8.75. The maximum absolute atomic E-state index is 12.8. The van der Waals surface area contributed by atoms with E-state index < -0.39 is 22.0 Å². The first-order valence-electron chi connectivity index (χ1n) is 7.78. The molecule has 1 saturated heterocycles. The molecule has 2 rings (SSSR count). The molecule has 1 fully saturated rings. The molecule has 1 aromatic rings. The maximum Gasteiger partial charge on any atom is 0.324 e. The Balaban J connectivity index is 2.27. The third-order valence-electron chi connectivity index (χ3n) is 3.93. The second kappa shape index (κ2) is 7.87. The number of hydrogen-bond donors (Lipinski definition) is 1. The fourth-order valence-corrected chi connectivity index (χ4v) is 4.31. The van der Waals surface area contributed by atoms with Crippen LogP contribution in [0.2, 0.25) is 0 Å². The summed E-state index contributed by atoms with van der Waals surface area (Å²) < 4.78 is 31.7. The number of nitrogens with zero attached hydrogens (tertiary/aromatic N) is 1. The number of ketones is 1. The minimum Gasteiger partial charge on any atom is -0.462 e. The van der Waals surface area contributed by atoms with Gasteiger partial charge >= 0.3 is 5.97 Å². The van der Waals surface area contributed by atoms with Crippen molar-refractivity contribution in [2.45, 2.75) is 37.1 Å². The number of esters is 1. The number of ether oxygens (including phenoxy) is 1. The van der Waals surface area contributed by atoms with Gasteiger partial charge in [0.25, 0.3) is 0 Å². The number of benzene rings is 1. The Morgan fingerprint density at radius 1 is 1.25 bits per heavy atom. The fourth-order valence-electron chi connectivity index (χ4n) is 2.67. The van der Waals surface area contributed by atoms with Crippen molar-refractivity contribution in [3.05, 3.63) is 29.8 Å². The lowest BCUT2D eigenvalue weighted by Crippen LogP contribution is -2.48. The number of aliphatic hydroxyl groups is 1. The molecule has 0 spiro atoms. The van der Waals surface area contributed by atoms with E-state index in [4.69, 9.17) is 9.84 Å². The first kappa shape index (κ1) is 18.6. The predicted octanol–water partition coefficient (Wildman–Crippen LogP) is 0.968. The lowest BCUT2D eigenvalue weighted by Gasteiger charge is -2.33. The number of carbonyl (C=O) groups is 2. The van der Waals surface area contributed by atoms with E-state index in [1.165, 1.54) is 31.2 Å². The Morgan fingerprint density at radius 2 is 1.92 bits per heavy atom. The molecule has 1 atom stereocenters. The van der Waals surface area contributed by atoms with E-state index in [0.717, 1.165) is 10.7 Å². The molecule has 1 aromatic carbocycles. The van der Waals surface area contributed by atoms with Crippen molar-refractivity contribution in [3.8, 4) is 0 Å². The molecular weight excluding hydrogens is 334 g/mol. The van der Waals surface area contributed by atoms with Crippen molar-refractivity contribution < 1.29 is 27.9 Å². The lowest BCUT2D eigenvalue weighted by atomic mass is 10.1. The van der Waals surface area contributed by atoms with E-state index in [1.54, 1.807) is 0 Å². The van der Waals surface area contributed by atoms with Crippen LogP contribution in [0.25, 0.3) is 0 Å². The zero-order valence-corrected chi connectivity index (χ0v) is 14.3. The molecule has 1 heterocycles. The molecule has 8 heteroatoms. The quantitative estimate of drug-likeness (QED) is 0.603. The minimum absolute atomic E-state index is 0.0364. The summed E-state index contributed by atoms with van der Waals surface area (Å²) in [6.07, 6.45) is 1.78. The SMILES string of the molecule is CC(=O)c1ccc(S(=O)(=O)N2CCCCC2C(=O)OCCO)cc1. The first-order chi connectivity index (χ1) is 11.4. The highest BCUT2D eigenvalue weighted by atomic mass is 32.2. The third-order valence-corrected chi connectivity index (χ3v) is 5.85. The van der Waals surface area contributed by atoms with E-state index in [2.05, 4.69) is 0 Å². The van der Waals surface area contributed by atoms with Crippen LogP contribution in [-0.4, -0.2) is 55.4 Å². The van der Waals surface area contributed by atoms with E-state index in [0.29, 0.717) is 18.4 Å². The van der Waals surface area contributed by atoms with Gasteiger partial charge in [-0.1, -0.05) is 12.1 Å². The van der Waals surface area contributed by atoms with Crippen LogP contribution in [0.4, 0.5) is 0 Å². The zero-order chi connectivity index (χ0) is 17.7. The number of hydrogen-bond acceptors (Lipinski definition) is 6. The Hall–Kier alpha value is -1.77. The van der Waals surface area contributed by atoms with Crippen LogP contribution in [-0.2, 0) is 19.6 Å². The predicted molar refractivity (Wildman–Crippen MR) is 86.0 cm³/mol. The molecule has 0 radical (unpaired) electrons. The standard InChI is InChI=1S/C16H21NO6S/c1-12(19)13-5-7-14(8-6-13)24(21,22)17-9-3-2-4-15(17)16(20)23-11-10-18/h5-8,15,18H,2-4,9-11H2,1H3. The molecule has 1 aliphatic rings. The molecule has 1 N–H and O–H groups in total. The molecule has 1 aliphatic heterocycles. The molecule has 7 nitrogen and oxygen atoms in total. The number of sulfonamides is 1. The summed E-state index contributed by atoms with van der Waals surface area (Å²) in [5.41, 5.74) is 0.423. The summed E-state index contributed by atoms with van der Waals surface area (Å²) in [7, 11) is -3.87. The van der Waals surface area contributed by atoms with E-state index in [9.17, 15) is 18.0 Å². The largest absolute Gasteiger partial charge is 0.462 e. The Bertz CT molecular complexity index is 698.